The maximum absolute atomic E-state index is 12.8. The van der Waals surface area contributed by atoms with E-state index >= 15 is 0 Å². The van der Waals surface area contributed by atoms with E-state index in [1.54, 1.807) is 0 Å². The molecule has 0 bridgehead atoms. The number of alkyl halides is 3. The predicted octanol–water partition coefficient (Wildman–Crippen LogP) is 2.72. The Morgan fingerprint density at radius 2 is 1.76 bits per heavy atom. The van der Waals surface area contributed by atoms with Gasteiger partial charge in [-0.25, -0.2) is 4.57 Å². The van der Waals surface area contributed by atoms with Crippen molar-refractivity contribution in [2.75, 3.05) is 6.66 Å². The maximum Gasteiger partial charge on any atom is 0.420 e. The molecule has 0 amide bonds. The van der Waals surface area contributed by atoms with Crippen LogP contribution in [0.15, 0.2) is 12.1 Å². The van der Waals surface area contributed by atoms with E-state index in [1.165, 1.54) is 0 Å². The van der Waals surface area contributed by atoms with Crippen molar-refractivity contribution in [2.24, 2.45) is 0 Å². The summed E-state index contributed by atoms with van der Waals surface area (Å²) >= 11 is 0. The molecule has 0 heterocycles. The van der Waals surface area contributed by atoms with Crippen LogP contribution >= 0.6 is 7.60 Å². The lowest BCUT2D eigenvalue weighted by Crippen LogP contribution is -2.10. The number of non-ortho nitro benzene ring substituents is 1. The van der Waals surface area contributed by atoms with Gasteiger partial charge in [-0.05, 0) is 0 Å². The number of nitro groups is 2. The Bertz CT molecular complexity index is 654. The SMILES string of the molecule is CP(=O)(O)Oc1c([N+](=O)[O-])cc([N+](=O)[O-])cc1C(F)(F)F. The summed E-state index contributed by atoms with van der Waals surface area (Å²) in [7, 11) is -4.56. The van der Waals surface area contributed by atoms with E-state index in [-0.39, 0.29) is 12.1 Å². The lowest BCUT2D eigenvalue weighted by atomic mass is 10.1. The molecule has 0 aliphatic carbocycles. The molecule has 1 unspecified atom stereocenters. The molecule has 1 rings (SSSR count). The predicted molar refractivity (Wildman–Crippen MR) is 61.1 cm³/mol. The van der Waals surface area contributed by atoms with Gasteiger partial charge in [0.25, 0.3) is 5.69 Å². The molecule has 0 aliphatic rings. The molecule has 9 nitrogen and oxygen atoms in total. The highest BCUT2D eigenvalue weighted by atomic mass is 31.2. The van der Waals surface area contributed by atoms with E-state index in [2.05, 4.69) is 4.52 Å². The van der Waals surface area contributed by atoms with Crippen molar-refractivity contribution in [2.45, 2.75) is 6.18 Å². The molecule has 0 radical (unpaired) electrons. The Labute approximate surface area is 113 Å². The van der Waals surface area contributed by atoms with E-state index in [0.29, 0.717) is 6.66 Å². The van der Waals surface area contributed by atoms with Crippen LogP contribution in [-0.2, 0) is 10.7 Å². The first kappa shape index (κ1) is 16.9. The molecule has 21 heavy (non-hydrogen) atoms. The lowest BCUT2D eigenvalue weighted by Gasteiger charge is -2.15. The van der Waals surface area contributed by atoms with E-state index < -0.39 is 46.3 Å². The van der Waals surface area contributed by atoms with E-state index in [0.717, 1.165) is 0 Å². The highest BCUT2D eigenvalue weighted by molar-refractivity contribution is 7.52. The lowest BCUT2D eigenvalue weighted by molar-refractivity contribution is -0.395. The molecule has 1 aromatic rings. The second-order valence-electron chi connectivity index (χ2n) is 3.75. The Hall–Kier alpha value is -2.20. The fraction of sp³-hybridized carbons (Fsp3) is 0.250. The van der Waals surface area contributed by atoms with Crippen LogP contribution in [0.4, 0.5) is 24.5 Å². The van der Waals surface area contributed by atoms with Crippen molar-refractivity contribution in [1.82, 2.24) is 0 Å². The molecule has 13 heteroatoms. The monoisotopic (exact) mass is 330 g/mol. The average Bonchev–Trinajstić information content (AvgIpc) is 2.24. The largest absolute Gasteiger partial charge is 0.420 e. The van der Waals surface area contributed by atoms with Gasteiger partial charge < -0.3 is 9.42 Å². The molecule has 1 atom stereocenters. The number of rotatable bonds is 4. The highest BCUT2D eigenvalue weighted by Crippen LogP contribution is 2.49. The summed E-state index contributed by atoms with van der Waals surface area (Å²) in [4.78, 5) is 27.6. The molecule has 0 saturated carbocycles. The smallest absolute Gasteiger partial charge is 0.417 e. The minimum atomic E-state index is -5.26. The van der Waals surface area contributed by atoms with Crippen LogP contribution in [0, 0.1) is 20.2 Å². The Morgan fingerprint density at radius 1 is 1.24 bits per heavy atom. The fourth-order valence-corrected chi connectivity index (χ4v) is 1.85. The third-order valence-corrected chi connectivity index (χ3v) is 2.55. The number of hydrogen-bond acceptors (Lipinski definition) is 6. The number of nitrogens with zero attached hydrogens (tertiary/aromatic N) is 2. The minimum Gasteiger partial charge on any atom is -0.417 e. The van der Waals surface area contributed by atoms with Crippen LogP contribution in [0.2, 0.25) is 0 Å². The molecule has 0 aliphatic heterocycles. The number of benzene rings is 1. The molecule has 1 aromatic carbocycles. The van der Waals surface area contributed by atoms with Crippen molar-refractivity contribution >= 4 is 19.0 Å². The second kappa shape index (κ2) is 5.30. The van der Waals surface area contributed by atoms with Gasteiger partial charge in [0.1, 0.15) is 5.56 Å². The van der Waals surface area contributed by atoms with Gasteiger partial charge in [0.15, 0.2) is 0 Å². The minimum absolute atomic E-state index is 0.0159. The summed E-state index contributed by atoms with van der Waals surface area (Å²) in [6.07, 6.45) is -5.26. The van der Waals surface area contributed by atoms with Gasteiger partial charge in [-0.15, -0.1) is 0 Å². The fourth-order valence-electron chi connectivity index (χ4n) is 1.32. The van der Waals surface area contributed by atoms with Crippen LogP contribution < -0.4 is 4.52 Å². The first-order valence-corrected chi connectivity index (χ1v) is 6.89. The molecule has 116 valence electrons. The molecule has 0 spiro atoms. The third-order valence-electron chi connectivity index (χ3n) is 2.03. The Kier molecular flexibility index (Phi) is 4.25. The summed E-state index contributed by atoms with van der Waals surface area (Å²) in [6.45, 7) is 0.512. The van der Waals surface area contributed by atoms with Gasteiger partial charge in [-0.1, -0.05) is 0 Å². The first-order valence-electron chi connectivity index (χ1n) is 4.87. The molecule has 0 aromatic heterocycles. The van der Waals surface area contributed by atoms with Crippen LogP contribution in [0.5, 0.6) is 5.75 Å². The van der Waals surface area contributed by atoms with Crippen molar-refractivity contribution < 1.29 is 37.0 Å². The van der Waals surface area contributed by atoms with Crippen LogP contribution in [0.1, 0.15) is 5.56 Å². The molecule has 1 N–H and O–H groups in total. The normalized spacial score (nSPS) is 14.3. The van der Waals surface area contributed by atoms with Gasteiger partial charge in [0.05, 0.1) is 15.9 Å². The summed E-state index contributed by atoms with van der Waals surface area (Å²) in [5, 5.41) is 21.2. The molecule has 0 saturated heterocycles. The second-order valence-corrected chi connectivity index (χ2v) is 5.54. The van der Waals surface area contributed by atoms with Crippen molar-refractivity contribution in [3.63, 3.8) is 0 Å². The molecule has 0 fully saturated rings. The summed E-state index contributed by atoms with van der Waals surface area (Å²) in [5.74, 6) is -1.55. The van der Waals surface area contributed by atoms with E-state index in [4.69, 9.17) is 4.89 Å². The van der Waals surface area contributed by atoms with Gasteiger partial charge in [0, 0.05) is 12.7 Å². The van der Waals surface area contributed by atoms with Crippen molar-refractivity contribution in [1.29, 1.82) is 0 Å². The standard InChI is InChI=1S/C8H6F3N2O7P/c1-21(18,19)20-7-5(8(9,10)11)2-4(12(14)15)3-6(7)13(16)17/h2-3H,1H3,(H,18,19). The van der Waals surface area contributed by atoms with Crippen LogP contribution in [-0.4, -0.2) is 21.4 Å². The number of nitro benzene ring substituents is 2. The van der Waals surface area contributed by atoms with E-state index in [9.17, 15) is 38.0 Å². The zero-order chi connectivity index (χ0) is 16.6. The zero-order valence-corrected chi connectivity index (χ0v) is 10.9. The summed E-state index contributed by atoms with van der Waals surface area (Å²) in [6, 6.07) is 0.193. The summed E-state index contributed by atoms with van der Waals surface area (Å²) in [5.41, 5.74) is -4.53. The Morgan fingerprint density at radius 3 is 2.10 bits per heavy atom. The third kappa shape index (κ3) is 4.13. The number of hydrogen-bond donors (Lipinski definition) is 1. The van der Waals surface area contributed by atoms with Crippen molar-refractivity contribution in [3.05, 3.63) is 37.9 Å². The summed E-state index contributed by atoms with van der Waals surface area (Å²) < 4.78 is 53.6. The van der Waals surface area contributed by atoms with E-state index in [1.807, 2.05) is 0 Å². The average molecular weight is 330 g/mol. The van der Waals surface area contributed by atoms with Crippen molar-refractivity contribution in [3.8, 4) is 5.75 Å². The zero-order valence-electron chi connectivity index (χ0n) is 10.0. The number of halogens is 3. The quantitative estimate of drug-likeness (QED) is 0.509. The van der Waals surface area contributed by atoms with Gasteiger partial charge in [0.2, 0.25) is 5.75 Å². The van der Waals surface area contributed by atoms with Crippen LogP contribution in [0.3, 0.4) is 0 Å². The highest BCUT2D eigenvalue weighted by Gasteiger charge is 2.42. The Balaban J connectivity index is 3.75. The van der Waals surface area contributed by atoms with Gasteiger partial charge in [-0.3, -0.25) is 20.2 Å². The van der Waals surface area contributed by atoms with Gasteiger partial charge >= 0.3 is 19.5 Å². The maximum atomic E-state index is 12.8. The molecular weight excluding hydrogens is 324 g/mol. The topological polar surface area (TPSA) is 133 Å². The first-order chi connectivity index (χ1) is 9.33. The van der Waals surface area contributed by atoms with Crippen LogP contribution in [0.25, 0.3) is 0 Å². The molecular formula is C8H6F3N2O7P. The van der Waals surface area contributed by atoms with Gasteiger partial charge in [-0.2, -0.15) is 13.2 Å².